The lowest BCUT2D eigenvalue weighted by atomic mass is 10.1. The number of nitrogens with one attached hydrogen (secondary N) is 2. The van der Waals surface area contributed by atoms with Crippen LogP contribution in [0.5, 0.6) is 0 Å². The highest BCUT2D eigenvalue weighted by Gasteiger charge is 2.07. The Balaban J connectivity index is 2.11. The highest BCUT2D eigenvalue weighted by Crippen LogP contribution is 2.28. The maximum atomic E-state index is 7.59. The summed E-state index contributed by atoms with van der Waals surface area (Å²) < 4.78 is 0. The van der Waals surface area contributed by atoms with Crippen molar-refractivity contribution < 1.29 is 0 Å². The Hall–Kier alpha value is -1.18. The molecule has 86 valence electrons. The third kappa shape index (κ3) is 3.15. The molecule has 0 aromatic heterocycles. The van der Waals surface area contributed by atoms with Crippen LogP contribution in [0.25, 0.3) is 0 Å². The van der Waals surface area contributed by atoms with Gasteiger partial charge in [-0.1, -0.05) is 32.5 Å². The van der Waals surface area contributed by atoms with Gasteiger partial charge in [0.1, 0.15) is 0 Å². The predicted molar refractivity (Wildman–Crippen MR) is 78.8 cm³/mol. The minimum atomic E-state index is 0.275. The minimum absolute atomic E-state index is 0.275. The number of benzene rings is 1. The summed E-state index contributed by atoms with van der Waals surface area (Å²) in [5.74, 6) is 0. The number of thioether (sulfide) groups is 1. The quantitative estimate of drug-likeness (QED) is 0.636. The minimum Gasteiger partial charge on any atom is -0.299 e. The molecule has 1 aliphatic carbocycles. The Kier molecular flexibility index (Phi) is 3.93. The summed E-state index contributed by atoms with van der Waals surface area (Å²) >= 11 is 1.63. The molecule has 2 rings (SSSR count). The number of allylic oxidation sites excluding steroid dienone is 3. The van der Waals surface area contributed by atoms with E-state index >= 15 is 0 Å². The highest BCUT2D eigenvalue weighted by atomic mass is 32.2. The zero-order valence-corrected chi connectivity index (χ0v) is 11.3. The molecule has 2 nitrogen and oxygen atoms in total. The molecule has 4 heteroatoms. The Morgan fingerprint density at radius 3 is 2.29 bits per heavy atom. The molecule has 0 radical (unpaired) electrons. The molecule has 17 heavy (non-hydrogen) atoms. The van der Waals surface area contributed by atoms with E-state index in [0.717, 1.165) is 13.5 Å². The molecule has 0 amide bonds. The standard InChI is InChI=1S/C13H13N2PS/c1-16-9-2-4-10(5-3-9)17-11-6-7-12(14)13(15)8-11/h2-8,14-16H,1H3. The largest absolute Gasteiger partial charge is 0.299 e. The van der Waals surface area contributed by atoms with E-state index in [1.807, 2.05) is 6.08 Å². The average Bonchev–Trinajstić information content (AvgIpc) is 2.35. The van der Waals surface area contributed by atoms with Gasteiger partial charge in [-0.3, -0.25) is 10.8 Å². The van der Waals surface area contributed by atoms with E-state index in [9.17, 15) is 0 Å². The molecule has 0 saturated carbocycles. The number of hydrogen-bond donors (Lipinski definition) is 2. The van der Waals surface area contributed by atoms with Crippen LogP contribution >= 0.6 is 20.3 Å². The molecule has 0 heterocycles. The fourth-order valence-corrected chi connectivity index (χ4v) is 2.77. The van der Waals surface area contributed by atoms with Gasteiger partial charge in [-0.05, 0) is 42.3 Å². The van der Waals surface area contributed by atoms with Gasteiger partial charge in [0.15, 0.2) is 0 Å². The monoisotopic (exact) mass is 260 g/mol. The molecule has 0 aliphatic heterocycles. The molecule has 0 spiro atoms. The van der Waals surface area contributed by atoms with E-state index in [1.54, 1.807) is 23.9 Å². The normalized spacial score (nSPS) is 15.7. The van der Waals surface area contributed by atoms with Crippen LogP contribution in [0, 0.1) is 10.8 Å². The summed E-state index contributed by atoms with van der Waals surface area (Å²) in [6, 6.07) is 8.49. The van der Waals surface area contributed by atoms with Gasteiger partial charge in [-0.15, -0.1) is 0 Å². The Bertz CT molecular complexity index is 515. The van der Waals surface area contributed by atoms with Crippen LogP contribution in [0.3, 0.4) is 0 Å². The third-order valence-corrected chi connectivity index (χ3v) is 4.28. The molecular weight excluding hydrogens is 247 g/mol. The Labute approximate surface area is 107 Å². The zero-order valence-electron chi connectivity index (χ0n) is 9.45. The molecule has 1 aromatic rings. The van der Waals surface area contributed by atoms with Crippen molar-refractivity contribution in [2.75, 3.05) is 6.66 Å². The molecule has 0 fully saturated rings. The van der Waals surface area contributed by atoms with Crippen LogP contribution in [0.15, 0.2) is 52.3 Å². The summed E-state index contributed by atoms with van der Waals surface area (Å²) in [5.41, 5.74) is 0.554. The second kappa shape index (κ2) is 5.44. The van der Waals surface area contributed by atoms with Gasteiger partial charge in [-0.25, -0.2) is 0 Å². The highest BCUT2D eigenvalue weighted by molar-refractivity contribution is 8.03. The van der Waals surface area contributed by atoms with E-state index in [4.69, 9.17) is 10.8 Å². The van der Waals surface area contributed by atoms with Gasteiger partial charge in [-0.2, -0.15) is 0 Å². The van der Waals surface area contributed by atoms with Crippen molar-refractivity contribution in [2.45, 2.75) is 4.90 Å². The van der Waals surface area contributed by atoms with Crippen LogP contribution in [-0.4, -0.2) is 18.1 Å². The van der Waals surface area contributed by atoms with Crippen LogP contribution < -0.4 is 5.30 Å². The maximum absolute atomic E-state index is 7.59. The van der Waals surface area contributed by atoms with Gasteiger partial charge in [0.05, 0.1) is 11.4 Å². The third-order valence-electron chi connectivity index (χ3n) is 2.37. The first-order valence-electron chi connectivity index (χ1n) is 5.22. The molecule has 2 N–H and O–H groups in total. The van der Waals surface area contributed by atoms with Gasteiger partial charge < -0.3 is 0 Å². The smallest absolute Gasteiger partial charge is 0.0800 e. The van der Waals surface area contributed by atoms with Crippen molar-refractivity contribution in [3.63, 3.8) is 0 Å². The van der Waals surface area contributed by atoms with Crippen LogP contribution in [-0.2, 0) is 0 Å². The van der Waals surface area contributed by atoms with Crippen molar-refractivity contribution in [1.82, 2.24) is 0 Å². The first-order chi connectivity index (χ1) is 8.19. The predicted octanol–water partition coefficient (Wildman–Crippen LogP) is 3.21. The van der Waals surface area contributed by atoms with Crippen molar-refractivity contribution in [3.05, 3.63) is 47.4 Å². The second-order valence-corrected chi connectivity index (χ2v) is 5.81. The lowest BCUT2D eigenvalue weighted by molar-refractivity contribution is 1.48. The van der Waals surface area contributed by atoms with Crippen LogP contribution in [0.4, 0.5) is 0 Å². The molecule has 0 saturated heterocycles. The van der Waals surface area contributed by atoms with Crippen molar-refractivity contribution in [3.8, 4) is 0 Å². The number of rotatable bonds is 3. The zero-order chi connectivity index (χ0) is 12.3. The number of hydrogen-bond acceptors (Lipinski definition) is 3. The molecule has 0 bridgehead atoms. The van der Waals surface area contributed by atoms with Gasteiger partial charge in [0.2, 0.25) is 0 Å². The summed E-state index contributed by atoms with van der Waals surface area (Å²) in [5, 5.41) is 16.4. The summed E-state index contributed by atoms with van der Waals surface area (Å²) in [6.45, 7) is 2.17. The molecule has 1 unspecified atom stereocenters. The van der Waals surface area contributed by atoms with E-state index in [-0.39, 0.29) is 11.4 Å². The molecule has 1 aromatic carbocycles. The van der Waals surface area contributed by atoms with Crippen molar-refractivity contribution in [2.24, 2.45) is 0 Å². The van der Waals surface area contributed by atoms with E-state index in [2.05, 4.69) is 30.9 Å². The Morgan fingerprint density at radius 1 is 1.00 bits per heavy atom. The lowest BCUT2D eigenvalue weighted by Crippen LogP contribution is -2.09. The summed E-state index contributed by atoms with van der Waals surface area (Å²) in [4.78, 5) is 2.18. The molecular formula is C13H13N2PS. The first kappa shape index (κ1) is 12.3. The molecule has 1 atom stereocenters. The SMILES string of the molecule is CPc1ccc(SC2=CC(=N)C(=N)C=C2)cc1. The van der Waals surface area contributed by atoms with E-state index in [1.165, 1.54) is 10.2 Å². The van der Waals surface area contributed by atoms with E-state index < -0.39 is 0 Å². The topological polar surface area (TPSA) is 47.7 Å². The fraction of sp³-hybridized carbons (Fsp3) is 0.0769. The first-order valence-corrected chi connectivity index (χ1v) is 7.53. The fourth-order valence-electron chi connectivity index (χ4n) is 1.41. The van der Waals surface area contributed by atoms with Crippen LogP contribution in [0.1, 0.15) is 0 Å². The molecule has 1 aliphatic rings. The Morgan fingerprint density at radius 2 is 1.71 bits per heavy atom. The van der Waals surface area contributed by atoms with Gasteiger partial charge in [0, 0.05) is 9.80 Å². The van der Waals surface area contributed by atoms with Crippen molar-refractivity contribution >= 4 is 37.1 Å². The van der Waals surface area contributed by atoms with Gasteiger partial charge in [0.25, 0.3) is 0 Å². The lowest BCUT2D eigenvalue weighted by Gasteiger charge is -2.08. The van der Waals surface area contributed by atoms with E-state index in [0.29, 0.717) is 0 Å². The second-order valence-electron chi connectivity index (χ2n) is 3.58. The average molecular weight is 260 g/mol. The van der Waals surface area contributed by atoms with Crippen molar-refractivity contribution in [1.29, 1.82) is 10.8 Å². The van der Waals surface area contributed by atoms with Crippen LogP contribution in [0.2, 0.25) is 0 Å². The summed E-state index contributed by atoms with van der Waals surface area (Å²) in [7, 11) is 0.827. The van der Waals surface area contributed by atoms with Gasteiger partial charge >= 0.3 is 0 Å². The maximum Gasteiger partial charge on any atom is 0.0800 e. The summed E-state index contributed by atoms with van der Waals surface area (Å²) in [6.07, 6.45) is 5.30.